The summed E-state index contributed by atoms with van der Waals surface area (Å²) in [5, 5.41) is 8.98. The summed E-state index contributed by atoms with van der Waals surface area (Å²) in [5.41, 5.74) is 1.10. The van der Waals surface area contributed by atoms with E-state index in [2.05, 4.69) is 0 Å². The summed E-state index contributed by atoms with van der Waals surface area (Å²) in [6.45, 7) is 3.62. The number of rotatable bonds is 6. The van der Waals surface area contributed by atoms with E-state index in [-0.39, 0.29) is 30.6 Å². The smallest absolute Gasteiger partial charge is 0.329 e. The summed E-state index contributed by atoms with van der Waals surface area (Å²) in [6, 6.07) is 7.20. The lowest BCUT2D eigenvalue weighted by Crippen LogP contribution is -2.41. The fourth-order valence-corrected chi connectivity index (χ4v) is 2.61. The van der Waals surface area contributed by atoms with Crippen LogP contribution in [-0.4, -0.2) is 44.1 Å². The second kappa shape index (κ2) is 6.68. The number of para-hydroxylation sites is 2. The molecule has 1 amide bonds. The van der Waals surface area contributed by atoms with Gasteiger partial charge in [0.25, 0.3) is 0 Å². The fourth-order valence-electron chi connectivity index (χ4n) is 2.61. The lowest BCUT2D eigenvalue weighted by molar-refractivity contribution is -0.145. The average Bonchev–Trinajstić information content (AvgIpc) is 2.71. The summed E-state index contributed by atoms with van der Waals surface area (Å²) in [5.74, 6) is -1.30. The largest absolute Gasteiger partial charge is 0.480 e. The molecular weight excluding hydrogens is 298 g/mol. The van der Waals surface area contributed by atoms with Gasteiger partial charge in [-0.25, -0.2) is 4.79 Å². The molecule has 0 aliphatic carbocycles. The van der Waals surface area contributed by atoms with Crippen molar-refractivity contribution in [2.24, 2.45) is 13.0 Å². The number of carbonyl (C=O) groups is 2. The summed E-state index contributed by atoms with van der Waals surface area (Å²) >= 11 is 0. The molecule has 124 valence electrons. The van der Waals surface area contributed by atoms with E-state index in [4.69, 9.17) is 5.11 Å². The van der Waals surface area contributed by atoms with Gasteiger partial charge in [-0.1, -0.05) is 26.0 Å². The normalized spacial score (nSPS) is 11.1. The van der Waals surface area contributed by atoms with E-state index >= 15 is 0 Å². The molecule has 0 aliphatic rings. The molecule has 0 atom stereocenters. The number of carbonyl (C=O) groups excluding carboxylic acids is 1. The molecule has 1 aromatic carbocycles. The number of imidazole rings is 1. The van der Waals surface area contributed by atoms with Crippen LogP contribution < -0.4 is 5.69 Å². The minimum atomic E-state index is -1.07. The van der Waals surface area contributed by atoms with E-state index in [1.165, 1.54) is 14.0 Å². The highest BCUT2D eigenvalue weighted by Gasteiger charge is 2.20. The van der Waals surface area contributed by atoms with Gasteiger partial charge < -0.3 is 10.0 Å². The zero-order valence-electron chi connectivity index (χ0n) is 13.5. The Morgan fingerprint density at radius 1 is 1.22 bits per heavy atom. The Morgan fingerprint density at radius 2 is 1.83 bits per heavy atom. The van der Waals surface area contributed by atoms with Crippen molar-refractivity contribution >= 4 is 22.9 Å². The molecular formula is C16H21N3O4. The van der Waals surface area contributed by atoms with Gasteiger partial charge in [0.1, 0.15) is 13.1 Å². The number of nitrogens with zero attached hydrogens (tertiary/aromatic N) is 3. The van der Waals surface area contributed by atoms with Gasteiger partial charge in [-0.3, -0.25) is 18.7 Å². The molecule has 23 heavy (non-hydrogen) atoms. The van der Waals surface area contributed by atoms with E-state index < -0.39 is 5.97 Å². The maximum absolute atomic E-state index is 12.5. The predicted octanol–water partition coefficient (Wildman–Crippen LogP) is 0.909. The molecule has 7 nitrogen and oxygen atoms in total. The second-order valence-corrected chi connectivity index (χ2v) is 5.98. The van der Waals surface area contributed by atoms with Crippen LogP contribution in [0.1, 0.15) is 13.8 Å². The average molecular weight is 319 g/mol. The van der Waals surface area contributed by atoms with Gasteiger partial charge in [-0.05, 0) is 18.1 Å². The molecule has 2 aromatic rings. The molecule has 0 unspecified atom stereocenters. The number of aryl methyl sites for hydroxylation is 1. The summed E-state index contributed by atoms with van der Waals surface area (Å²) in [7, 11) is 1.65. The Bertz CT molecular complexity index is 788. The van der Waals surface area contributed by atoms with Crippen LogP contribution in [0.3, 0.4) is 0 Å². The number of hydrogen-bond acceptors (Lipinski definition) is 3. The van der Waals surface area contributed by atoms with Crippen LogP contribution in [0.25, 0.3) is 11.0 Å². The Labute approximate surface area is 133 Å². The first kappa shape index (κ1) is 16.8. The number of aromatic nitrogens is 2. The lowest BCUT2D eigenvalue weighted by atomic mass is 10.2. The van der Waals surface area contributed by atoms with Crippen molar-refractivity contribution in [2.45, 2.75) is 20.4 Å². The zero-order chi connectivity index (χ0) is 17.1. The third-order valence-corrected chi connectivity index (χ3v) is 3.61. The predicted molar refractivity (Wildman–Crippen MR) is 86.2 cm³/mol. The first-order valence-electron chi connectivity index (χ1n) is 7.45. The van der Waals surface area contributed by atoms with Crippen LogP contribution in [0, 0.1) is 5.92 Å². The van der Waals surface area contributed by atoms with Crippen molar-refractivity contribution in [3.05, 3.63) is 34.7 Å². The second-order valence-electron chi connectivity index (χ2n) is 5.98. The minimum Gasteiger partial charge on any atom is -0.480 e. The number of benzene rings is 1. The fraction of sp³-hybridized carbons (Fsp3) is 0.438. The third-order valence-electron chi connectivity index (χ3n) is 3.61. The highest BCUT2D eigenvalue weighted by Crippen LogP contribution is 2.12. The summed E-state index contributed by atoms with van der Waals surface area (Å²) in [4.78, 5) is 37.1. The quantitative estimate of drug-likeness (QED) is 0.857. The van der Waals surface area contributed by atoms with Crippen LogP contribution in [-0.2, 0) is 23.2 Å². The minimum absolute atomic E-state index is 0.141. The Morgan fingerprint density at radius 3 is 2.39 bits per heavy atom. The Kier molecular flexibility index (Phi) is 4.88. The van der Waals surface area contributed by atoms with E-state index in [0.29, 0.717) is 12.1 Å². The van der Waals surface area contributed by atoms with Crippen molar-refractivity contribution in [2.75, 3.05) is 13.1 Å². The third kappa shape index (κ3) is 3.61. The van der Waals surface area contributed by atoms with Gasteiger partial charge >= 0.3 is 11.7 Å². The standard InChI is InChI=1S/C16H21N3O4/c1-11(2)8-18(10-15(21)22)14(20)9-19-13-7-5-4-6-12(13)17(3)16(19)23/h4-7,11H,8-10H2,1-3H3,(H,21,22). The summed E-state index contributed by atoms with van der Waals surface area (Å²) < 4.78 is 2.86. The number of aliphatic carboxylic acids is 1. The highest BCUT2D eigenvalue weighted by molar-refractivity contribution is 5.83. The topological polar surface area (TPSA) is 84.5 Å². The Balaban J connectivity index is 2.33. The molecule has 1 aromatic heterocycles. The zero-order valence-corrected chi connectivity index (χ0v) is 13.5. The number of amides is 1. The van der Waals surface area contributed by atoms with E-state index in [1.807, 2.05) is 19.9 Å². The van der Waals surface area contributed by atoms with Crippen molar-refractivity contribution in [1.29, 1.82) is 0 Å². The van der Waals surface area contributed by atoms with Crippen LogP contribution in [0.5, 0.6) is 0 Å². The number of hydrogen-bond donors (Lipinski definition) is 1. The molecule has 0 spiro atoms. The number of carboxylic acids is 1. The molecule has 0 aliphatic heterocycles. The van der Waals surface area contributed by atoms with Crippen LogP contribution in [0.4, 0.5) is 0 Å². The molecule has 0 saturated carbocycles. The van der Waals surface area contributed by atoms with Gasteiger partial charge in [0.15, 0.2) is 0 Å². The Hall–Kier alpha value is -2.57. The van der Waals surface area contributed by atoms with E-state index in [9.17, 15) is 14.4 Å². The van der Waals surface area contributed by atoms with Gasteiger partial charge in [-0.2, -0.15) is 0 Å². The van der Waals surface area contributed by atoms with Gasteiger partial charge in [0.2, 0.25) is 5.91 Å². The van der Waals surface area contributed by atoms with E-state index in [1.54, 1.807) is 25.2 Å². The van der Waals surface area contributed by atoms with Crippen LogP contribution in [0.2, 0.25) is 0 Å². The molecule has 0 bridgehead atoms. The van der Waals surface area contributed by atoms with Crippen LogP contribution in [0.15, 0.2) is 29.1 Å². The molecule has 0 saturated heterocycles. The monoisotopic (exact) mass is 319 g/mol. The SMILES string of the molecule is CC(C)CN(CC(=O)O)C(=O)Cn1c(=O)n(C)c2ccccc21. The maximum atomic E-state index is 12.5. The molecule has 0 fully saturated rings. The number of carboxylic acid groups (broad SMARTS) is 1. The number of fused-ring (bicyclic) bond motifs is 1. The maximum Gasteiger partial charge on any atom is 0.329 e. The van der Waals surface area contributed by atoms with E-state index in [0.717, 1.165) is 5.52 Å². The van der Waals surface area contributed by atoms with Crippen molar-refractivity contribution in [3.63, 3.8) is 0 Å². The van der Waals surface area contributed by atoms with Crippen molar-refractivity contribution < 1.29 is 14.7 Å². The molecule has 2 rings (SSSR count). The molecule has 1 N–H and O–H groups in total. The molecule has 1 heterocycles. The van der Waals surface area contributed by atoms with Crippen molar-refractivity contribution in [1.82, 2.24) is 14.0 Å². The molecule has 0 radical (unpaired) electrons. The molecule has 7 heteroatoms. The van der Waals surface area contributed by atoms with Crippen LogP contribution >= 0.6 is 0 Å². The van der Waals surface area contributed by atoms with Gasteiger partial charge in [-0.15, -0.1) is 0 Å². The van der Waals surface area contributed by atoms with Gasteiger partial charge in [0, 0.05) is 13.6 Å². The first-order chi connectivity index (χ1) is 10.8. The summed E-state index contributed by atoms with van der Waals surface area (Å²) in [6.07, 6.45) is 0. The van der Waals surface area contributed by atoms with Crippen molar-refractivity contribution in [3.8, 4) is 0 Å². The first-order valence-corrected chi connectivity index (χ1v) is 7.45. The van der Waals surface area contributed by atoms with Gasteiger partial charge in [0.05, 0.1) is 11.0 Å². The highest BCUT2D eigenvalue weighted by atomic mass is 16.4. The lowest BCUT2D eigenvalue weighted by Gasteiger charge is -2.22.